The standard InChI is InChI=1S/C28H39N3O3/c1-20(2)23-14-11-15-24(21(3)4)26(23)30-25(32)18-34-27(33)29-19-28(16-9-6-10-17-28)31-22-12-7-5-8-13-22/h5,7-8,11-15,20-21,31H,6,9-10,16-19H2,1-4H3,(H,29,33)(H,30,32). The smallest absolute Gasteiger partial charge is 0.407 e. The number of ether oxygens (including phenoxy) is 1. The van der Waals surface area contributed by atoms with E-state index in [4.69, 9.17) is 4.74 Å². The van der Waals surface area contributed by atoms with Gasteiger partial charge in [0.1, 0.15) is 0 Å². The molecule has 1 aliphatic carbocycles. The predicted molar refractivity (Wildman–Crippen MR) is 138 cm³/mol. The second kappa shape index (κ2) is 11.9. The van der Waals surface area contributed by atoms with E-state index in [0.29, 0.717) is 6.54 Å². The molecule has 1 aliphatic rings. The van der Waals surface area contributed by atoms with Gasteiger partial charge in [-0.2, -0.15) is 0 Å². The molecule has 0 atom stereocenters. The van der Waals surface area contributed by atoms with Crippen molar-refractivity contribution in [1.82, 2.24) is 5.32 Å². The summed E-state index contributed by atoms with van der Waals surface area (Å²) in [5.74, 6) is 0.198. The van der Waals surface area contributed by atoms with E-state index >= 15 is 0 Å². The maximum atomic E-state index is 12.6. The molecule has 0 heterocycles. The van der Waals surface area contributed by atoms with E-state index < -0.39 is 6.09 Å². The molecule has 0 unspecified atom stereocenters. The van der Waals surface area contributed by atoms with Crippen molar-refractivity contribution >= 4 is 23.4 Å². The highest BCUT2D eigenvalue weighted by atomic mass is 16.6. The fourth-order valence-corrected chi connectivity index (χ4v) is 4.70. The number of benzene rings is 2. The molecule has 2 aromatic rings. The molecule has 0 aromatic heterocycles. The van der Waals surface area contributed by atoms with Crippen LogP contribution in [0.2, 0.25) is 0 Å². The first kappa shape index (κ1) is 25.6. The van der Waals surface area contributed by atoms with Gasteiger partial charge in [0.15, 0.2) is 6.61 Å². The molecule has 0 saturated heterocycles. The summed E-state index contributed by atoms with van der Waals surface area (Å²) in [7, 11) is 0. The quantitative estimate of drug-likeness (QED) is 0.400. The molecule has 0 radical (unpaired) electrons. The number of rotatable bonds is 9. The monoisotopic (exact) mass is 465 g/mol. The van der Waals surface area contributed by atoms with Crippen LogP contribution in [0.5, 0.6) is 0 Å². The summed E-state index contributed by atoms with van der Waals surface area (Å²) in [6.07, 6.45) is 4.83. The predicted octanol–water partition coefficient (Wildman–Crippen LogP) is 6.41. The first-order chi connectivity index (χ1) is 16.3. The van der Waals surface area contributed by atoms with Crippen LogP contribution in [0.1, 0.15) is 82.8 Å². The first-order valence-corrected chi connectivity index (χ1v) is 12.5. The largest absolute Gasteiger partial charge is 0.439 e. The van der Waals surface area contributed by atoms with Gasteiger partial charge in [-0.15, -0.1) is 0 Å². The molecule has 1 fully saturated rings. The topological polar surface area (TPSA) is 79.5 Å². The van der Waals surface area contributed by atoms with Crippen LogP contribution in [0.4, 0.5) is 16.2 Å². The molecule has 2 aromatic carbocycles. The average molecular weight is 466 g/mol. The highest BCUT2D eigenvalue weighted by Crippen LogP contribution is 2.33. The number of hydrogen-bond donors (Lipinski definition) is 3. The van der Waals surface area contributed by atoms with Crippen LogP contribution in [0.25, 0.3) is 0 Å². The van der Waals surface area contributed by atoms with Crippen molar-refractivity contribution in [3.05, 3.63) is 59.7 Å². The van der Waals surface area contributed by atoms with Crippen molar-refractivity contribution in [1.29, 1.82) is 0 Å². The van der Waals surface area contributed by atoms with E-state index in [-0.39, 0.29) is 29.9 Å². The third-order valence-electron chi connectivity index (χ3n) is 6.54. The van der Waals surface area contributed by atoms with Gasteiger partial charge in [-0.1, -0.05) is 83.4 Å². The molecule has 34 heavy (non-hydrogen) atoms. The lowest BCUT2D eigenvalue weighted by Crippen LogP contribution is -2.50. The highest BCUT2D eigenvalue weighted by Gasteiger charge is 2.32. The van der Waals surface area contributed by atoms with Crippen LogP contribution < -0.4 is 16.0 Å². The van der Waals surface area contributed by atoms with Gasteiger partial charge in [0.2, 0.25) is 0 Å². The van der Waals surface area contributed by atoms with Gasteiger partial charge >= 0.3 is 6.09 Å². The molecule has 3 rings (SSSR count). The fourth-order valence-electron chi connectivity index (χ4n) is 4.70. The molecule has 6 nitrogen and oxygen atoms in total. The Balaban J connectivity index is 1.56. The van der Waals surface area contributed by atoms with Gasteiger partial charge in [0, 0.05) is 17.9 Å². The molecule has 0 spiro atoms. The van der Waals surface area contributed by atoms with Gasteiger partial charge in [-0.05, 0) is 47.9 Å². The Labute approximate surface area is 203 Å². The molecule has 1 saturated carbocycles. The lowest BCUT2D eigenvalue weighted by atomic mass is 9.81. The van der Waals surface area contributed by atoms with E-state index in [0.717, 1.165) is 48.2 Å². The van der Waals surface area contributed by atoms with E-state index in [1.165, 1.54) is 6.42 Å². The number of carbonyl (C=O) groups excluding carboxylic acids is 2. The SMILES string of the molecule is CC(C)c1cccc(C(C)C)c1NC(=O)COC(=O)NCC1(Nc2ccccc2)CCCCC1. The Morgan fingerprint density at radius 1 is 0.882 bits per heavy atom. The van der Waals surface area contributed by atoms with Gasteiger partial charge in [-0.25, -0.2) is 4.79 Å². The summed E-state index contributed by atoms with van der Waals surface area (Å²) in [5, 5.41) is 9.51. The fraction of sp³-hybridized carbons (Fsp3) is 0.500. The van der Waals surface area contributed by atoms with E-state index in [9.17, 15) is 9.59 Å². The van der Waals surface area contributed by atoms with Crippen LogP contribution in [-0.2, 0) is 9.53 Å². The Hall–Kier alpha value is -3.02. The van der Waals surface area contributed by atoms with Crippen molar-refractivity contribution in [3.8, 4) is 0 Å². The van der Waals surface area contributed by atoms with Crippen LogP contribution in [-0.4, -0.2) is 30.7 Å². The van der Waals surface area contributed by atoms with E-state index in [1.54, 1.807) is 0 Å². The van der Waals surface area contributed by atoms with Crippen molar-refractivity contribution in [2.75, 3.05) is 23.8 Å². The number of amides is 2. The molecular formula is C28H39N3O3. The second-order valence-corrected chi connectivity index (χ2v) is 9.93. The van der Waals surface area contributed by atoms with Gasteiger partial charge in [0.05, 0.1) is 5.54 Å². The van der Waals surface area contributed by atoms with Crippen molar-refractivity contribution in [2.24, 2.45) is 0 Å². The van der Waals surface area contributed by atoms with Crippen molar-refractivity contribution in [2.45, 2.75) is 77.2 Å². The minimum atomic E-state index is -0.573. The normalized spacial score (nSPS) is 15.1. The number of nitrogens with one attached hydrogen (secondary N) is 3. The summed E-state index contributed by atoms with van der Waals surface area (Å²) >= 11 is 0. The average Bonchev–Trinajstić information content (AvgIpc) is 2.82. The van der Waals surface area contributed by atoms with Gasteiger partial charge in [-0.3, -0.25) is 4.79 Å². The zero-order valence-electron chi connectivity index (χ0n) is 20.9. The van der Waals surface area contributed by atoms with Gasteiger partial charge in [0.25, 0.3) is 5.91 Å². The molecule has 0 bridgehead atoms. The van der Waals surface area contributed by atoms with Crippen LogP contribution >= 0.6 is 0 Å². The summed E-state index contributed by atoms with van der Waals surface area (Å²) in [6, 6.07) is 16.2. The molecule has 2 amide bonds. The number of anilines is 2. The minimum absolute atomic E-state index is 0.205. The summed E-state index contributed by atoms with van der Waals surface area (Å²) in [6.45, 7) is 8.53. The van der Waals surface area contributed by atoms with Gasteiger partial charge < -0.3 is 20.7 Å². The van der Waals surface area contributed by atoms with Crippen LogP contribution in [0.3, 0.4) is 0 Å². The van der Waals surface area contributed by atoms with E-state index in [2.05, 4.69) is 43.6 Å². The molecule has 6 heteroatoms. The third kappa shape index (κ3) is 6.99. The number of alkyl carbamates (subject to hydrolysis) is 1. The van der Waals surface area contributed by atoms with E-state index in [1.807, 2.05) is 48.5 Å². The Morgan fingerprint density at radius 2 is 1.50 bits per heavy atom. The lowest BCUT2D eigenvalue weighted by molar-refractivity contribution is -0.119. The molecule has 184 valence electrons. The Bertz CT molecular complexity index is 924. The molecule has 3 N–H and O–H groups in total. The minimum Gasteiger partial charge on any atom is -0.439 e. The third-order valence-corrected chi connectivity index (χ3v) is 6.54. The van der Waals surface area contributed by atoms with Crippen molar-refractivity contribution < 1.29 is 14.3 Å². The summed E-state index contributed by atoms with van der Waals surface area (Å²) in [5.41, 5.74) is 3.83. The zero-order chi connectivity index (χ0) is 24.6. The zero-order valence-corrected chi connectivity index (χ0v) is 20.9. The number of carbonyl (C=O) groups is 2. The van der Waals surface area contributed by atoms with Crippen LogP contribution in [0.15, 0.2) is 48.5 Å². The lowest BCUT2D eigenvalue weighted by Gasteiger charge is -2.39. The maximum Gasteiger partial charge on any atom is 0.407 e. The highest BCUT2D eigenvalue weighted by molar-refractivity contribution is 5.94. The van der Waals surface area contributed by atoms with Crippen LogP contribution in [0, 0.1) is 0 Å². The first-order valence-electron chi connectivity index (χ1n) is 12.5. The Morgan fingerprint density at radius 3 is 2.09 bits per heavy atom. The molecular weight excluding hydrogens is 426 g/mol. The summed E-state index contributed by atoms with van der Waals surface area (Å²) < 4.78 is 5.27. The number of para-hydroxylation sites is 2. The Kier molecular flexibility index (Phi) is 8.97. The maximum absolute atomic E-state index is 12.6. The second-order valence-electron chi connectivity index (χ2n) is 9.93. The molecule has 0 aliphatic heterocycles. The number of hydrogen-bond acceptors (Lipinski definition) is 4. The van der Waals surface area contributed by atoms with Crippen molar-refractivity contribution in [3.63, 3.8) is 0 Å². The summed E-state index contributed by atoms with van der Waals surface area (Å²) in [4.78, 5) is 25.1.